The molecule has 2 rings (SSSR count). The summed E-state index contributed by atoms with van der Waals surface area (Å²) < 4.78 is 39.0. The van der Waals surface area contributed by atoms with Crippen molar-refractivity contribution < 1.29 is 13.2 Å². The second kappa shape index (κ2) is 5.44. The molecule has 0 aliphatic carbocycles. The summed E-state index contributed by atoms with van der Waals surface area (Å²) >= 11 is 0. The fourth-order valence-corrected chi connectivity index (χ4v) is 1.65. The third kappa shape index (κ3) is 4.01. The maximum Gasteiger partial charge on any atom is 0.416 e. The van der Waals surface area contributed by atoms with Gasteiger partial charge in [0.15, 0.2) is 5.82 Å². The van der Waals surface area contributed by atoms with E-state index in [-0.39, 0.29) is 5.54 Å². The van der Waals surface area contributed by atoms with Crippen LogP contribution in [0.1, 0.15) is 32.2 Å². The molecule has 0 unspecified atom stereocenters. The van der Waals surface area contributed by atoms with Crippen molar-refractivity contribution in [1.29, 1.82) is 0 Å². The Bertz CT molecular complexity index is 596. The summed E-state index contributed by atoms with van der Waals surface area (Å²) in [7, 11) is 0. The number of hydrogen-bond donors (Lipinski definition) is 1. The Hall–Kier alpha value is -1.96. The molecule has 0 saturated carbocycles. The van der Waals surface area contributed by atoms with Crippen LogP contribution in [0.15, 0.2) is 24.3 Å². The Morgan fingerprint density at radius 2 is 1.71 bits per heavy atom. The molecule has 0 saturated heterocycles. The molecule has 5 nitrogen and oxygen atoms in total. The molecule has 0 aliphatic heterocycles. The minimum Gasteiger partial charge on any atom is -0.305 e. The van der Waals surface area contributed by atoms with Gasteiger partial charge in [-0.05, 0) is 55.5 Å². The molecule has 21 heavy (non-hydrogen) atoms. The van der Waals surface area contributed by atoms with E-state index < -0.39 is 11.7 Å². The minimum absolute atomic E-state index is 0.114. The lowest BCUT2D eigenvalue weighted by molar-refractivity contribution is -0.137. The highest BCUT2D eigenvalue weighted by atomic mass is 19.4. The van der Waals surface area contributed by atoms with Gasteiger partial charge in [0.25, 0.3) is 0 Å². The predicted octanol–water partition coefficient (Wildman–Crippen LogP) is 2.57. The smallest absolute Gasteiger partial charge is 0.305 e. The highest BCUT2D eigenvalue weighted by Gasteiger charge is 2.30. The van der Waals surface area contributed by atoms with E-state index in [1.54, 1.807) is 0 Å². The van der Waals surface area contributed by atoms with E-state index in [0.29, 0.717) is 18.1 Å². The highest BCUT2D eigenvalue weighted by Crippen LogP contribution is 2.29. The van der Waals surface area contributed by atoms with Crippen molar-refractivity contribution in [2.45, 2.75) is 39.0 Å². The van der Waals surface area contributed by atoms with Crippen LogP contribution >= 0.6 is 0 Å². The van der Waals surface area contributed by atoms with E-state index in [9.17, 15) is 13.2 Å². The maximum absolute atomic E-state index is 12.5. The van der Waals surface area contributed by atoms with Crippen molar-refractivity contribution in [2.75, 3.05) is 0 Å². The van der Waals surface area contributed by atoms with E-state index >= 15 is 0 Å². The summed E-state index contributed by atoms with van der Waals surface area (Å²) in [4.78, 5) is 0. The number of nitrogens with one attached hydrogen (secondary N) is 1. The Kier molecular flexibility index (Phi) is 3.99. The lowest BCUT2D eigenvalue weighted by Crippen LogP contribution is -2.35. The van der Waals surface area contributed by atoms with Crippen LogP contribution < -0.4 is 5.32 Å². The van der Waals surface area contributed by atoms with E-state index in [0.717, 1.165) is 12.1 Å². The molecule has 0 fully saturated rings. The SMILES string of the molecule is CC(C)(C)NCc1nnnn1-c1ccc(C(F)(F)F)cc1. The Morgan fingerprint density at radius 1 is 1.10 bits per heavy atom. The molecular formula is C13H16F3N5. The molecule has 114 valence electrons. The van der Waals surface area contributed by atoms with Gasteiger partial charge in [-0.2, -0.15) is 17.9 Å². The normalized spacial score (nSPS) is 12.7. The summed E-state index contributed by atoms with van der Waals surface area (Å²) in [6, 6.07) is 4.72. The van der Waals surface area contributed by atoms with Gasteiger partial charge in [0, 0.05) is 5.54 Å². The van der Waals surface area contributed by atoms with Crippen LogP contribution in [0, 0.1) is 0 Å². The van der Waals surface area contributed by atoms with Crippen LogP contribution in [0.2, 0.25) is 0 Å². The van der Waals surface area contributed by atoms with Gasteiger partial charge in [-0.25, -0.2) is 0 Å². The average Bonchev–Trinajstić information content (AvgIpc) is 2.83. The number of alkyl halides is 3. The standard InChI is InChI=1S/C13H16F3N5/c1-12(2,3)17-8-11-18-19-20-21(11)10-6-4-9(5-7-10)13(14,15)16/h4-7,17H,8H2,1-3H3. The van der Waals surface area contributed by atoms with Crippen LogP contribution in [-0.2, 0) is 12.7 Å². The first-order valence-electron chi connectivity index (χ1n) is 6.37. The number of nitrogens with zero attached hydrogens (tertiary/aromatic N) is 4. The summed E-state index contributed by atoms with van der Waals surface area (Å²) in [5, 5.41) is 14.5. The molecule has 0 spiro atoms. The maximum atomic E-state index is 12.5. The van der Waals surface area contributed by atoms with E-state index in [1.165, 1.54) is 16.8 Å². The van der Waals surface area contributed by atoms with Gasteiger partial charge in [-0.1, -0.05) is 0 Å². The van der Waals surface area contributed by atoms with Crippen molar-refractivity contribution in [3.8, 4) is 5.69 Å². The molecular weight excluding hydrogens is 283 g/mol. The molecule has 0 atom stereocenters. The molecule has 0 bridgehead atoms. The molecule has 8 heteroatoms. The molecule has 0 amide bonds. The number of tetrazole rings is 1. The summed E-state index contributed by atoms with van der Waals surface area (Å²) in [5.41, 5.74) is -0.330. The number of halogens is 3. The van der Waals surface area contributed by atoms with E-state index in [4.69, 9.17) is 0 Å². The first-order valence-corrected chi connectivity index (χ1v) is 6.37. The Labute approximate surface area is 120 Å². The van der Waals surface area contributed by atoms with E-state index in [1.807, 2.05) is 20.8 Å². The molecule has 1 aromatic heterocycles. The van der Waals surface area contributed by atoms with Crippen LogP contribution in [-0.4, -0.2) is 25.7 Å². The van der Waals surface area contributed by atoms with Crippen molar-refractivity contribution in [3.63, 3.8) is 0 Å². The Morgan fingerprint density at radius 3 is 2.24 bits per heavy atom. The van der Waals surface area contributed by atoms with Gasteiger partial charge in [-0.15, -0.1) is 5.10 Å². The molecule has 0 aliphatic rings. The summed E-state index contributed by atoms with van der Waals surface area (Å²) in [5.74, 6) is 0.532. The van der Waals surface area contributed by atoms with Crippen molar-refractivity contribution in [1.82, 2.24) is 25.5 Å². The van der Waals surface area contributed by atoms with Gasteiger partial charge >= 0.3 is 6.18 Å². The third-order valence-corrected chi connectivity index (χ3v) is 2.75. The zero-order valence-corrected chi connectivity index (χ0v) is 11.9. The monoisotopic (exact) mass is 299 g/mol. The fourth-order valence-electron chi connectivity index (χ4n) is 1.65. The lowest BCUT2D eigenvalue weighted by Gasteiger charge is -2.19. The van der Waals surface area contributed by atoms with Crippen molar-refractivity contribution >= 4 is 0 Å². The number of rotatable bonds is 3. The van der Waals surface area contributed by atoms with Crippen molar-refractivity contribution in [3.05, 3.63) is 35.7 Å². The molecule has 1 N–H and O–H groups in total. The highest BCUT2D eigenvalue weighted by molar-refractivity contribution is 5.35. The van der Waals surface area contributed by atoms with E-state index in [2.05, 4.69) is 20.8 Å². The average molecular weight is 299 g/mol. The second-order valence-corrected chi connectivity index (χ2v) is 5.66. The zero-order valence-electron chi connectivity index (χ0n) is 11.9. The zero-order chi connectivity index (χ0) is 15.7. The Balaban J connectivity index is 2.21. The lowest BCUT2D eigenvalue weighted by atomic mass is 10.1. The molecule has 1 aromatic carbocycles. The van der Waals surface area contributed by atoms with Gasteiger partial charge in [0.1, 0.15) is 0 Å². The second-order valence-electron chi connectivity index (χ2n) is 5.66. The molecule has 2 aromatic rings. The van der Waals surface area contributed by atoms with Gasteiger partial charge in [0.2, 0.25) is 0 Å². The first-order chi connectivity index (χ1) is 9.67. The largest absolute Gasteiger partial charge is 0.416 e. The minimum atomic E-state index is -4.35. The summed E-state index contributed by atoms with van der Waals surface area (Å²) in [6.07, 6.45) is -4.35. The van der Waals surface area contributed by atoms with Gasteiger partial charge in [0.05, 0.1) is 17.8 Å². The number of benzene rings is 1. The van der Waals surface area contributed by atoms with Gasteiger partial charge < -0.3 is 5.32 Å². The summed E-state index contributed by atoms with van der Waals surface area (Å²) in [6.45, 7) is 6.41. The molecule has 1 heterocycles. The topological polar surface area (TPSA) is 55.6 Å². The third-order valence-electron chi connectivity index (χ3n) is 2.75. The van der Waals surface area contributed by atoms with Gasteiger partial charge in [-0.3, -0.25) is 0 Å². The fraction of sp³-hybridized carbons (Fsp3) is 0.462. The molecule has 0 radical (unpaired) electrons. The van der Waals surface area contributed by atoms with Crippen LogP contribution in [0.3, 0.4) is 0 Å². The predicted molar refractivity (Wildman–Crippen MR) is 70.7 cm³/mol. The van der Waals surface area contributed by atoms with Crippen LogP contribution in [0.25, 0.3) is 5.69 Å². The van der Waals surface area contributed by atoms with Crippen LogP contribution in [0.5, 0.6) is 0 Å². The quantitative estimate of drug-likeness (QED) is 0.946. The van der Waals surface area contributed by atoms with Crippen LogP contribution in [0.4, 0.5) is 13.2 Å². The first kappa shape index (κ1) is 15.4. The number of aromatic nitrogens is 4. The number of hydrogen-bond acceptors (Lipinski definition) is 4. The van der Waals surface area contributed by atoms with Crippen molar-refractivity contribution in [2.24, 2.45) is 0 Å².